The van der Waals surface area contributed by atoms with Crippen molar-refractivity contribution in [2.75, 3.05) is 0 Å². The van der Waals surface area contributed by atoms with Crippen molar-refractivity contribution in [3.05, 3.63) is 99.5 Å². The van der Waals surface area contributed by atoms with Crippen molar-refractivity contribution in [1.82, 2.24) is 5.43 Å². The Morgan fingerprint density at radius 2 is 1.71 bits per heavy atom. The van der Waals surface area contributed by atoms with Gasteiger partial charge in [0.05, 0.1) is 11.8 Å². The number of hydrogen-bond donors (Lipinski definition) is 1. The van der Waals surface area contributed by atoms with Crippen LogP contribution in [0.5, 0.6) is 5.75 Å². The van der Waals surface area contributed by atoms with Gasteiger partial charge >= 0.3 is 5.97 Å². The number of ether oxygens (including phenoxy) is 1. The number of nitrogens with zero attached hydrogens (tertiary/aromatic N) is 1. The minimum Gasteiger partial charge on any atom is -0.422 e. The monoisotopic (exact) mass is 436 g/mol. The lowest BCUT2D eigenvalue weighted by atomic mass is 10.1. The molecule has 28 heavy (non-hydrogen) atoms. The van der Waals surface area contributed by atoms with Gasteiger partial charge in [0.25, 0.3) is 5.91 Å². The average molecular weight is 437 g/mol. The lowest BCUT2D eigenvalue weighted by molar-refractivity contribution is 0.0733. The molecule has 0 aliphatic rings. The largest absolute Gasteiger partial charge is 0.422 e. The Morgan fingerprint density at radius 1 is 1.00 bits per heavy atom. The molecule has 3 rings (SSSR count). The summed E-state index contributed by atoms with van der Waals surface area (Å²) in [4.78, 5) is 24.6. The summed E-state index contributed by atoms with van der Waals surface area (Å²) in [6.07, 6.45) is 1.44. The maximum atomic E-state index is 12.5. The van der Waals surface area contributed by atoms with Crippen LogP contribution < -0.4 is 10.2 Å². The molecule has 0 saturated carbocycles. The Morgan fingerprint density at radius 3 is 2.46 bits per heavy atom. The van der Waals surface area contributed by atoms with Gasteiger partial charge in [0, 0.05) is 15.6 Å². The number of hydrogen-bond acceptors (Lipinski definition) is 4. The molecule has 0 aliphatic heterocycles. The number of esters is 1. The quantitative estimate of drug-likeness (QED) is 0.271. The van der Waals surface area contributed by atoms with Gasteiger partial charge in [0.15, 0.2) is 0 Å². The van der Waals surface area contributed by atoms with Crippen molar-refractivity contribution in [3.63, 3.8) is 0 Å². The second kappa shape index (κ2) is 9.10. The average Bonchev–Trinajstić information content (AvgIpc) is 2.70. The van der Waals surface area contributed by atoms with Crippen LogP contribution in [0.25, 0.3) is 0 Å². The van der Waals surface area contributed by atoms with Crippen molar-refractivity contribution in [3.8, 4) is 5.75 Å². The number of nitrogens with one attached hydrogen (secondary N) is 1. The normalized spacial score (nSPS) is 10.6. The van der Waals surface area contributed by atoms with Gasteiger partial charge < -0.3 is 4.74 Å². The first kappa shape index (κ1) is 19.5. The fourth-order valence-electron chi connectivity index (χ4n) is 2.48. The fraction of sp³-hybridized carbons (Fsp3) is 0.0455. The Bertz CT molecular complexity index is 1030. The Kier molecular flexibility index (Phi) is 6.34. The SMILES string of the molecule is Cc1ccccc1C(=O)Oc1ccc(Br)cc1/C=N\NC(=O)c1ccccc1. The molecular weight excluding hydrogens is 420 g/mol. The summed E-state index contributed by atoms with van der Waals surface area (Å²) in [6, 6.07) is 21.1. The molecular formula is C22H17BrN2O3. The molecule has 0 bridgehead atoms. The van der Waals surface area contributed by atoms with E-state index in [1.165, 1.54) is 6.21 Å². The summed E-state index contributed by atoms with van der Waals surface area (Å²) < 4.78 is 6.34. The Balaban J connectivity index is 1.76. The van der Waals surface area contributed by atoms with E-state index < -0.39 is 5.97 Å². The Labute approximate surface area is 171 Å². The highest BCUT2D eigenvalue weighted by molar-refractivity contribution is 9.10. The topological polar surface area (TPSA) is 67.8 Å². The van der Waals surface area contributed by atoms with Crippen LogP contribution in [-0.2, 0) is 0 Å². The highest BCUT2D eigenvalue weighted by Crippen LogP contribution is 2.23. The van der Waals surface area contributed by atoms with Crippen LogP contribution >= 0.6 is 15.9 Å². The summed E-state index contributed by atoms with van der Waals surface area (Å²) in [5, 5.41) is 3.98. The lowest BCUT2D eigenvalue weighted by Gasteiger charge is -2.09. The maximum Gasteiger partial charge on any atom is 0.343 e. The third-order valence-corrected chi connectivity index (χ3v) is 4.44. The standard InChI is InChI=1S/C22H17BrN2O3/c1-15-7-5-6-10-19(15)22(27)28-20-12-11-18(23)13-17(20)14-24-25-21(26)16-8-3-2-4-9-16/h2-14H,1H3,(H,25,26)/b24-14-. The number of amides is 1. The second-order valence-corrected chi connectivity index (χ2v) is 6.87. The summed E-state index contributed by atoms with van der Waals surface area (Å²) in [5.41, 5.74) is 4.83. The van der Waals surface area contributed by atoms with Crippen molar-refractivity contribution in [1.29, 1.82) is 0 Å². The van der Waals surface area contributed by atoms with Gasteiger partial charge in [0.2, 0.25) is 0 Å². The lowest BCUT2D eigenvalue weighted by Crippen LogP contribution is -2.17. The molecule has 0 unspecified atom stereocenters. The van der Waals surface area contributed by atoms with Gasteiger partial charge in [-0.25, -0.2) is 10.2 Å². The summed E-state index contributed by atoms with van der Waals surface area (Å²) in [6.45, 7) is 1.85. The van der Waals surface area contributed by atoms with E-state index in [-0.39, 0.29) is 5.91 Å². The van der Waals surface area contributed by atoms with Crippen LogP contribution in [0.4, 0.5) is 0 Å². The molecule has 6 heteroatoms. The van der Waals surface area contributed by atoms with Crippen LogP contribution in [0.15, 0.2) is 82.4 Å². The van der Waals surface area contributed by atoms with E-state index in [9.17, 15) is 9.59 Å². The molecule has 3 aromatic rings. The molecule has 1 amide bonds. The maximum absolute atomic E-state index is 12.5. The highest BCUT2D eigenvalue weighted by Gasteiger charge is 2.13. The van der Waals surface area contributed by atoms with Crippen LogP contribution in [0, 0.1) is 6.92 Å². The molecule has 5 nitrogen and oxygen atoms in total. The third kappa shape index (κ3) is 4.92. The van der Waals surface area contributed by atoms with Crippen LogP contribution in [-0.4, -0.2) is 18.1 Å². The zero-order chi connectivity index (χ0) is 19.9. The summed E-state index contributed by atoms with van der Waals surface area (Å²) in [5.74, 6) is -0.442. The van der Waals surface area contributed by atoms with Gasteiger partial charge in [-0.15, -0.1) is 0 Å². The number of hydrazone groups is 1. The molecule has 1 N–H and O–H groups in total. The number of aryl methyl sites for hydroxylation is 1. The third-order valence-electron chi connectivity index (χ3n) is 3.95. The van der Waals surface area contributed by atoms with Gasteiger partial charge in [-0.05, 0) is 48.9 Å². The molecule has 0 fully saturated rings. The molecule has 3 aromatic carbocycles. The first-order valence-corrected chi connectivity index (χ1v) is 9.30. The summed E-state index contributed by atoms with van der Waals surface area (Å²) >= 11 is 3.39. The molecule has 0 aliphatic carbocycles. The molecule has 0 radical (unpaired) electrons. The van der Waals surface area contributed by atoms with Crippen molar-refractivity contribution in [2.24, 2.45) is 5.10 Å². The summed E-state index contributed by atoms with van der Waals surface area (Å²) in [7, 11) is 0. The van der Waals surface area contributed by atoms with Gasteiger partial charge in [-0.3, -0.25) is 4.79 Å². The van der Waals surface area contributed by atoms with Crippen LogP contribution in [0.2, 0.25) is 0 Å². The van der Waals surface area contributed by atoms with Crippen LogP contribution in [0.1, 0.15) is 31.8 Å². The van der Waals surface area contributed by atoms with Crippen molar-refractivity contribution >= 4 is 34.0 Å². The number of carbonyl (C=O) groups excluding carboxylic acids is 2. The first-order chi connectivity index (χ1) is 13.5. The van der Waals surface area contributed by atoms with Crippen molar-refractivity contribution in [2.45, 2.75) is 6.92 Å². The zero-order valence-electron chi connectivity index (χ0n) is 15.1. The van der Waals surface area contributed by atoms with Gasteiger partial charge in [-0.1, -0.05) is 52.3 Å². The number of rotatable bonds is 5. The fourth-order valence-corrected chi connectivity index (χ4v) is 2.86. The molecule has 0 aromatic heterocycles. The number of carbonyl (C=O) groups is 2. The molecule has 0 saturated heterocycles. The minimum atomic E-state index is -0.455. The van der Waals surface area contributed by atoms with E-state index in [0.29, 0.717) is 22.4 Å². The number of halogens is 1. The van der Waals surface area contributed by atoms with Crippen LogP contribution in [0.3, 0.4) is 0 Å². The van der Waals surface area contributed by atoms with E-state index in [1.807, 2.05) is 25.1 Å². The Hall–Kier alpha value is -3.25. The van der Waals surface area contributed by atoms with E-state index in [1.54, 1.807) is 54.6 Å². The predicted octanol–water partition coefficient (Wildman–Crippen LogP) is 4.74. The second-order valence-electron chi connectivity index (χ2n) is 5.95. The molecule has 0 heterocycles. The highest BCUT2D eigenvalue weighted by atomic mass is 79.9. The predicted molar refractivity (Wildman–Crippen MR) is 112 cm³/mol. The molecule has 140 valence electrons. The van der Waals surface area contributed by atoms with Gasteiger partial charge in [-0.2, -0.15) is 5.10 Å². The van der Waals surface area contributed by atoms with E-state index in [2.05, 4.69) is 26.5 Å². The molecule has 0 atom stereocenters. The van der Waals surface area contributed by atoms with Gasteiger partial charge in [0.1, 0.15) is 5.75 Å². The van der Waals surface area contributed by atoms with E-state index in [4.69, 9.17) is 4.74 Å². The zero-order valence-corrected chi connectivity index (χ0v) is 16.6. The van der Waals surface area contributed by atoms with Crippen molar-refractivity contribution < 1.29 is 14.3 Å². The minimum absolute atomic E-state index is 0.328. The molecule has 0 spiro atoms. The smallest absolute Gasteiger partial charge is 0.343 e. The van der Waals surface area contributed by atoms with E-state index in [0.717, 1.165) is 10.0 Å². The number of benzene rings is 3. The van der Waals surface area contributed by atoms with E-state index >= 15 is 0 Å². The first-order valence-electron chi connectivity index (χ1n) is 8.50.